The molecule has 0 aromatic rings. The monoisotopic (exact) mass is 155 g/mol. The van der Waals surface area contributed by atoms with E-state index in [0.717, 1.165) is 11.8 Å². The minimum absolute atomic E-state index is 0.566. The first-order valence-corrected chi connectivity index (χ1v) is 3.17. The van der Waals surface area contributed by atoms with Crippen molar-refractivity contribution in [2.75, 3.05) is 6.54 Å². The zero-order chi connectivity index (χ0) is 8.10. The maximum atomic E-state index is 12.5. The molecule has 0 bridgehead atoms. The van der Waals surface area contributed by atoms with Crippen molar-refractivity contribution in [3.05, 3.63) is 41.2 Å². The summed E-state index contributed by atoms with van der Waals surface area (Å²) in [5.41, 5.74) is 2.18. The zero-order valence-electron chi connectivity index (χ0n) is 5.80. The highest BCUT2D eigenvalue weighted by molar-refractivity contribution is 5.31. The third-order valence-electron chi connectivity index (χ3n) is 1.24. The van der Waals surface area contributed by atoms with Gasteiger partial charge in [-0.3, -0.25) is 0 Å². The predicted molar refractivity (Wildman–Crippen MR) is 40.9 cm³/mol. The molecule has 1 rings (SSSR count). The van der Waals surface area contributed by atoms with Crippen molar-refractivity contribution in [2.24, 2.45) is 0 Å². The molecule has 0 unspecified atom stereocenters. The van der Waals surface area contributed by atoms with Gasteiger partial charge >= 0.3 is 0 Å². The Morgan fingerprint density at radius 2 is 2.64 bits per heavy atom. The molecule has 0 fully saturated rings. The second kappa shape index (κ2) is 3.78. The van der Waals surface area contributed by atoms with Crippen LogP contribution in [-0.2, 0) is 0 Å². The lowest BCUT2D eigenvalue weighted by Crippen LogP contribution is -2.00. The van der Waals surface area contributed by atoms with E-state index in [2.05, 4.69) is 5.32 Å². The van der Waals surface area contributed by atoms with Crippen molar-refractivity contribution in [1.82, 2.24) is 10.8 Å². The third kappa shape index (κ3) is 2.43. The van der Waals surface area contributed by atoms with Gasteiger partial charge in [0.2, 0.25) is 0 Å². The Kier molecular flexibility index (Phi) is 2.68. The standard InChI is InChI=1S/C7H8FN2O/c8-7(5-10-11)3-6-1-2-9-4-6/h1-3,5,9-10H,4H2/q-1/b6-3-,7-5+. The normalized spacial score (nSPS) is 20.5. The molecule has 0 amide bonds. The largest absolute Gasteiger partial charge is 0.761 e. The van der Waals surface area contributed by atoms with Crippen molar-refractivity contribution in [3.63, 3.8) is 0 Å². The van der Waals surface area contributed by atoms with Crippen LogP contribution in [0.1, 0.15) is 0 Å². The Morgan fingerprint density at radius 1 is 1.82 bits per heavy atom. The molecule has 0 aliphatic carbocycles. The van der Waals surface area contributed by atoms with Crippen molar-refractivity contribution in [2.45, 2.75) is 0 Å². The van der Waals surface area contributed by atoms with Gasteiger partial charge in [0.1, 0.15) is 5.83 Å². The molecule has 0 radical (unpaired) electrons. The number of hydroxylamine groups is 1. The van der Waals surface area contributed by atoms with Gasteiger partial charge in [0.05, 0.1) is 0 Å². The molecule has 0 aromatic heterocycles. The van der Waals surface area contributed by atoms with Crippen LogP contribution < -0.4 is 10.8 Å². The van der Waals surface area contributed by atoms with Crippen LogP contribution in [0.4, 0.5) is 4.39 Å². The van der Waals surface area contributed by atoms with Crippen LogP contribution in [0.5, 0.6) is 0 Å². The molecule has 0 aromatic carbocycles. The van der Waals surface area contributed by atoms with Crippen LogP contribution in [0.15, 0.2) is 36.0 Å². The van der Waals surface area contributed by atoms with Crippen LogP contribution in [0.3, 0.4) is 0 Å². The summed E-state index contributed by atoms with van der Waals surface area (Å²) in [7, 11) is 0. The molecule has 1 aliphatic rings. The molecule has 0 saturated carbocycles. The van der Waals surface area contributed by atoms with E-state index in [4.69, 9.17) is 0 Å². The fraction of sp³-hybridized carbons (Fsp3) is 0.143. The number of hydrogen-bond donors (Lipinski definition) is 2. The molecule has 2 N–H and O–H groups in total. The van der Waals surface area contributed by atoms with E-state index >= 15 is 0 Å². The van der Waals surface area contributed by atoms with Crippen LogP contribution in [0.25, 0.3) is 0 Å². The highest BCUT2D eigenvalue weighted by Gasteiger charge is 1.97. The van der Waals surface area contributed by atoms with E-state index in [0.29, 0.717) is 6.54 Å². The van der Waals surface area contributed by atoms with E-state index in [-0.39, 0.29) is 0 Å². The average Bonchev–Trinajstić information content (AvgIpc) is 2.40. The topological polar surface area (TPSA) is 47.1 Å². The van der Waals surface area contributed by atoms with Crippen LogP contribution in [-0.4, -0.2) is 6.54 Å². The first-order valence-electron chi connectivity index (χ1n) is 3.17. The van der Waals surface area contributed by atoms with E-state index in [1.807, 2.05) is 0 Å². The van der Waals surface area contributed by atoms with Crippen molar-refractivity contribution in [1.29, 1.82) is 0 Å². The summed E-state index contributed by atoms with van der Waals surface area (Å²) in [5.74, 6) is -0.566. The minimum Gasteiger partial charge on any atom is -0.761 e. The summed E-state index contributed by atoms with van der Waals surface area (Å²) in [5, 5.41) is 12.6. The molecule has 11 heavy (non-hydrogen) atoms. The van der Waals surface area contributed by atoms with Crippen LogP contribution >= 0.6 is 0 Å². The fourth-order valence-corrected chi connectivity index (χ4v) is 0.776. The number of halogens is 1. The Balaban J connectivity index is 2.57. The zero-order valence-corrected chi connectivity index (χ0v) is 5.80. The van der Waals surface area contributed by atoms with Gasteiger partial charge in [-0.15, -0.1) is 0 Å². The van der Waals surface area contributed by atoms with E-state index in [1.54, 1.807) is 12.3 Å². The molecule has 0 saturated heterocycles. The van der Waals surface area contributed by atoms with E-state index in [9.17, 15) is 9.60 Å². The molecular formula is C7H8FN2O-. The summed E-state index contributed by atoms with van der Waals surface area (Å²) in [6.45, 7) is 0.611. The smallest absolute Gasteiger partial charge is 0.138 e. The number of hydrogen-bond acceptors (Lipinski definition) is 3. The van der Waals surface area contributed by atoms with Gasteiger partial charge in [-0.2, -0.15) is 0 Å². The fourth-order valence-electron chi connectivity index (χ4n) is 0.776. The maximum absolute atomic E-state index is 12.5. The van der Waals surface area contributed by atoms with Gasteiger partial charge in [-0.05, 0) is 23.9 Å². The van der Waals surface area contributed by atoms with Crippen LogP contribution in [0.2, 0.25) is 0 Å². The van der Waals surface area contributed by atoms with E-state index < -0.39 is 5.83 Å². The molecule has 1 heterocycles. The third-order valence-corrected chi connectivity index (χ3v) is 1.24. The highest BCUT2D eigenvalue weighted by Crippen LogP contribution is 2.06. The molecule has 1 aliphatic heterocycles. The lowest BCUT2D eigenvalue weighted by Gasteiger charge is -1.99. The van der Waals surface area contributed by atoms with Gasteiger partial charge in [-0.1, -0.05) is 0 Å². The van der Waals surface area contributed by atoms with Gasteiger partial charge in [-0.25, -0.2) is 4.39 Å². The van der Waals surface area contributed by atoms with Crippen molar-refractivity contribution in [3.8, 4) is 0 Å². The predicted octanol–water partition coefficient (Wildman–Crippen LogP) is 0.928. The summed E-state index contributed by atoms with van der Waals surface area (Å²) < 4.78 is 12.5. The van der Waals surface area contributed by atoms with Gasteiger partial charge in [0.25, 0.3) is 0 Å². The lowest BCUT2D eigenvalue weighted by molar-refractivity contribution is 0.657. The van der Waals surface area contributed by atoms with Crippen LogP contribution in [0, 0.1) is 5.21 Å². The second-order valence-electron chi connectivity index (χ2n) is 2.08. The molecule has 0 atom stereocenters. The quantitative estimate of drug-likeness (QED) is 0.583. The SMILES string of the molecule is [O-]N/C=C(F)\C=C1\C=CNC1. The Labute approximate surface area is 63.9 Å². The van der Waals surface area contributed by atoms with Gasteiger partial charge in [0.15, 0.2) is 0 Å². The number of nitrogens with one attached hydrogen (secondary N) is 2. The van der Waals surface area contributed by atoms with Gasteiger partial charge in [0, 0.05) is 12.7 Å². The second-order valence-corrected chi connectivity index (χ2v) is 2.08. The van der Waals surface area contributed by atoms with Gasteiger partial charge < -0.3 is 16.0 Å². The summed E-state index contributed by atoms with van der Waals surface area (Å²) in [6, 6.07) is 0. The molecule has 4 heteroatoms. The summed E-state index contributed by atoms with van der Waals surface area (Å²) in [6.07, 6.45) is 5.53. The average molecular weight is 155 g/mol. The maximum Gasteiger partial charge on any atom is 0.138 e. The lowest BCUT2D eigenvalue weighted by atomic mass is 10.2. The van der Waals surface area contributed by atoms with E-state index in [1.165, 1.54) is 11.6 Å². The van der Waals surface area contributed by atoms with Crippen molar-refractivity contribution < 1.29 is 4.39 Å². The van der Waals surface area contributed by atoms with Crippen molar-refractivity contribution >= 4 is 0 Å². The summed E-state index contributed by atoms with van der Waals surface area (Å²) >= 11 is 0. The number of allylic oxidation sites excluding steroid dienone is 2. The highest BCUT2D eigenvalue weighted by atomic mass is 19.1. The molecule has 0 spiro atoms. The Hall–Kier alpha value is -1.29. The Bertz CT molecular complexity index is 220. The number of rotatable bonds is 2. The Morgan fingerprint density at radius 3 is 3.18 bits per heavy atom. The molecular weight excluding hydrogens is 147 g/mol. The minimum atomic E-state index is -0.566. The first kappa shape index (κ1) is 7.81. The summed E-state index contributed by atoms with van der Waals surface area (Å²) in [4.78, 5) is 0. The molecule has 60 valence electrons. The first-order chi connectivity index (χ1) is 5.33. The molecule has 3 nitrogen and oxygen atoms in total.